The van der Waals surface area contributed by atoms with E-state index >= 15 is 0 Å². The number of pyridine rings is 2. The van der Waals surface area contributed by atoms with E-state index in [9.17, 15) is 10.1 Å². The summed E-state index contributed by atoms with van der Waals surface area (Å²) in [6, 6.07) is 15.3. The Morgan fingerprint density at radius 3 is 2.61 bits per heavy atom. The van der Waals surface area contributed by atoms with Gasteiger partial charge in [-0.25, -0.2) is 0 Å². The molecule has 5 rings (SSSR count). The maximum Gasteiger partial charge on any atom is 0.224 e. The van der Waals surface area contributed by atoms with Gasteiger partial charge in [-0.3, -0.25) is 14.8 Å². The first kappa shape index (κ1) is 32.9. The molecule has 1 aliphatic rings. The summed E-state index contributed by atoms with van der Waals surface area (Å²) < 4.78 is 17.3. The Labute approximate surface area is 274 Å². The van der Waals surface area contributed by atoms with Crippen LogP contribution in [0, 0.1) is 11.3 Å². The zero-order valence-electron chi connectivity index (χ0n) is 26.4. The number of benzene rings is 2. The minimum Gasteiger partial charge on any atom is -0.492 e. The van der Waals surface area contributed by atoms with Crippen LogP contribution in [0.25, 0.3) is 10.9 Å². The zero-order valence-corrected chi connectivity index (χ0v) is 27.2. The van der Waals surface area contributed by atoms with Gasteiger partial charge in [-0.15, -0.1) is 0 Å². The Morgan fingerprint density at radius 1 is 1.09 bits per heavy atom. The number of nitrogens with zero attached hydrogens (tertiary/aromatic N) is 4. The topological polar surface area (TPSA) is 122 Å². The molecule has 2 aromatic carbocycles. The minimum atomic E-state index is -0.116. The molecule has 0 radical (unpaired) electrons. The third kappa shape index (κ3) is 8.43. The molecule has 1 amide bonds. The summed E-state index contributed by atoms with van der Waals surface area (Å²) in [6.07, 6.45) is 6.45. The predicted molar refractivity (Wildman–Crippen MR) is 180 cm³/mol. The van der Waals surface area contributed by atoms with Gasteiger partial charge in [-0.2, -0.15) is 5.26 Å². The summed E-state index contributed by atoms with van der Waals surface area (Å²) in [5.41, 5.74) is 4.70. The standard InChI is InChI=1S/C35H39ClN6O4/c1-4-45-33-18-30-27(17-31(33)41-34(43)6-5-13-42(2)3)35(25(19-37)21-39-30)40-26-8-10-32(28(36)16-26)46-22-23-7-9-29(38-20-23)24-11-14-44-15-12-24/h7-10,16-18,20-21,24H,4-6,11-15,22H2,1-3H3,(H,39,40)(H,41,43). The Kier molecular flexibility index (Phi) is 11.3. The van der Waals surface area contributed by atoms with Crippen molar-refractivity contribution in [1.29, 1.82) is 5.26 Å². The number of anilines is 3. The normalized spacial score (nSPS) is 13.4. The highest BCUT2D eigenvalue weighted by Crippen LogP contribution is 2.37. The molecule has 1 saturated heterocycles. The van der Waals surface area contributed by atoms with Crippen molar-refractivity contribution in [2.24, 2.45) is 0 Å². The van der Waals surface area contributed by atoms with Gasteiger partial charge in [0, 0.05) is 66.3 Å². The van der Waals surface area contributed by atoms with Gasteiger partial charge < -0.3 is 29.7 Å². The lowest BCUT2D eigenvalue weighted by atomic mass is 9.96. The molecule has 1 aliphatic heterocycles. The van der Waals surface area contributed by atoms with Gasteiger partial charge in [0.05, 0.1) is 34.1 Å². The van der Waals surface area contributed by atoms with E-state index in [2.05, 4.69) is 32.7 Å². The quantitative estimate of drug-likeness (QED) is 0.158. The fourth-order valence-electron chi connectivity index (χ4n) is 5.34. The predicted octanol–water partition coefficient (Wildman–Crippen LogP) is 7.05. The van der Waals surface area contributed by atoms with Crippen LogP contribution in [0.3, 0.4) is 0 Å². The van der Waals surface area contributed by atoms with E-state index in [1.807, 2.05) is 44.2 Å². The van der Waals surface area contributed by atoms with Crippen LogP contribution < -0.4 is 20.1 Å². The van der Waals surface area contributed by atoms with E-state index in [-0.39, 0.29) is 5.91 Å². The van der Waals surface area contributed by atoms with Crippen LogP contribution in [0.5, 0.6) is 11.5 Å². The van der Waals surface area contributed by atoms with E-state index in [1.54, 1.807) is 24.3 Å². The minimum absolute atomic E-state index is 0.116. The molecular formula is C35H39ClN6O4. The SMILES string of the molecule is CCOc1cc2ncc(C#N)c(Nc3ccc(OCc4ccc(C5CCOCC5)nc4)c(Cl)c3)c2cc1NC(=O)CCCN(C)C. The molecule has 10 nitrogen and oxygen atoms in total. The number of carbonyl (C=O) groups is 1. The second-order valence-electron chi connectivity index (χ2n) is 11.4. The molecule has 0 saturated carbocycles. The maximum absolute atomic E-state index is 12.8. The smallest absolute Gasteiger partial charge is 0.224 e. The lowest BCUT2D eigenvalue weighted by Gasteiger charge is -2.21. The molecule has 0 bridgehead atoms. The second kappa shape index (κ2) is 15.7. The van der Waals surface area contributed by atoms with Crippen molar-refractivity contribution in [2.45, 2.75) is 45.1 Å². The fraction of sp³-hybridized carbons (Fsp3) is 0.371. The Bertz CT molecular complexity index is 1700. The zero-order chi connectivity index (χ0) is 32.5. The van der Waals surface area contributed by atoms with Crippen LogP contribution in [-0.4, -0.2) is 61.2 Å². The molecular weight excluding hydrogens is 604 g/mol. The lowest BCUT2D eigenvalue weighted by Crippen LogP contribution is -2.17. The first-order valence-corrected chi connectivity index (χ1v) is 15.9. The molecule has 2 N–H and O–H groups in total. The summed E-state index contributed by atoms with van der Waals surface area (Å²) >= 11 is 6.64. The second-order valence-corrected chi connectivity index (χ2v) is 11.9. The van der Waals surface area contributed by atoms with Gasteiger partial charge in [-0.05, 0) is 77.2 Å². The van der Waals surface area contributed by atoms with Crippen molar-refractivity contribution >= 4 is 45.5 Å². The molecule has 11 heteroatoms. The van der Waals surface area contributed by atoms with E-state index in [0.29, 0.717) is 75.6 Å². The summed E-state index contributed by atoms with van der Waals surface area (Å²) in [7, 11) is 3.95. The van der Waals surface area contributed by atoms with Crippen molar-refractivity contribution in [1.82, 2.24) is 14.9 Å². The van der Waals surface area contributed by atoms with Gasteiger partial charge >= 0.3 is 0 Å². The molecule has 0 atom stereocenters. The number of nitrogens with one attached hydrogen (secondary N) is 2. The number of hydrogen-bond donors (Lipinski definition) is 2. The summed E-state index contributed by atoms with van der Waals surface area (Å²) in [5.74, 6) is 1.36. The first-order chi connectivity index (χ1) is 22.3. The average molecular weight is 643 g/mol. The number of rotatable bonds is 13. The number of carbonyl (C=O) groups excluding carboxylic acids is 1. The van der Waals surface area contributed by atoms with Crippen LogP contribution in [0.2, 0.25) is 5.02 Å². The van der Waals surface area contributed by atoms with Crippen molar-refractivity contribution in [3.63, 3.8) is 0 Å². The number of nitriles is 1. The Morgan fingerprint density at radius 2 is 1.91 bits per heavy atom. The third-order valence-corrected chi connectivity index (χ3v) is 8.05. The lowest BCUT2D eigenvalue weighted by molar-refractivity contribution is -0.116. The van der Waals surface area contributed by atoms with Gasteiger partial charge in [0.25, 0.3) is 0 Å². The molecule has 0 spiro atoms. The monoisotopic (exact) mass is 642 g/mol. The van der Waals surface area contributed by atoms with Gasteiger partial charge in [0.2, 0.25) is 5.91 Å². The average Bonchev–Trinajstić information content (AvgIpc) is 3.05. The molecule has 0 unspecified atom stereocenters. The summed E-state index contributed by atoms with van der Waals surface area (Å²) in [5, 5.41) is 17.3. The third-order valence-electron chi connectivity index (χ3n) is 7.76. The van der Waals surface area contributed by atoms with E-state index in [4.69, 9.17) is 25.8 Å². The Hall–Kier alpha value is -4.43. The molecule has 240 valence electrons. The number of halogens is 1. The highest BCUT2D eigenvalue weighted by molar-refractivity contribution is 6.32. The van der Waals surface area contributed by atoms with Crippen LogP contribution in [0.15, 0.2) is 54.9 Å². The number of aromatic nitrogens is 2. The number of ether oxygens (including phenoxy) is 3. The van der Waals surface area contributed by atoms with Gasteiger partial charge in [-0.1, -0.05) is 17.7 Å². The molecule has 46 heavy (non-hydrogen) atoms. The highest BCUT2D eigenvalue weighted by Gasteiger charge is 2.18. The van der Waals surface area contributed by atoms with Crippen LogP contribution >= 0.6 is 11.6 Å². The number of fused-ring (bicyclic) bond motifs is 1. The number of amides is 1. The first-order valence-electron chi connectivity index (χ1n) is 15.5. The highest BCUT2D eigenvalue weighted by atomic mass is 35.5. The van der Waals surface area contributed by atoms with Gasteiger partial charge in [0.1, 0.15) is 24.2 Å². The number of hydrogen-bond acceptors (Lipinski definition) is 9. The van der Waals surface area contributed by atoms with Crippen molar-refractivity contribution < 1.29 is 19.0 Å². The van der Waals surface area contributed by atoms with Crippen molar-refractivity contribution in [3.05, 3.63) is 76.7 Å². The largest absolute Gasteiger partial charge is 0.492 e. The molecule has 2 aromatic heterocycles. The molecule has 1 fully saturated rings. The molecule has 3 heterocycles. The van der Waals surface area contributed by atoms with Crippen LogP contribution in [0.4, 0.5) is 17.1 Å². The van der Waals surface area contributed by atoms with E-state index in [0.717, 1.165) is 50.3 Å². The molecule has 0 aliphatic carbocycles. The van der Waals surface area contributed by atoms with Crippen molar-refractivity contribution in [3.8, 4) is 17.6 Å². The van der Waals surface area contributed by atoms with Crippen molar-refractivity contribution in [2.75, 3.05) is 51.1 Å². The summed E-state index contributed by atoms with van der Waals surface area (Å²) in [4.78, 5) is 24.0. The Balaban J connectivity index is 1.33. The van der Waals surface area contributed by atoms with Crippen LogP contribution in [0.1, 0.15) is 55.3 Å². The van der Waals surface area contributed by atoms with E-state index < -0.39 is 0 Å². The fourth-order valence-corrected chi connectivity index (χ4v) is 5.57. The van der Waals surface area contributed by atoms with Gasteiger partial charge in [0.15, 0.2) is 0 Å². The summed E-state index contributed by atoms with van der Waals surface area (Å²) in [6.45, 7) is 4.99. The van der Waals surface area contributed by atoms with Crippen LogP contribution in [-0.2, 0) is 16.1 Å². The van der Waals surface area contributed by atoms with E-state index in [1.165, 1.54) is 6.20 Å². The maximum atomic E-state index is 12.8. The molecule has 4 aromatic rings.